The van der Waals surface area contributed by atoms with Crippen molar-refractivity contribution in [3.63, 3.8) is 0 Å². The van der Waals surface area contributed by atoms with Crippen molar-refractivity contribution in [3.05, 3.63) is 48.2 Å². The van der Waals surface area contributed by atoms with Crippen LogP contribution in [0.3, 0.4) is 0 Å². The SMILES string of the molecule is Cl.Cl.NC[C@H]1CC[C@@H](C(=O)Nc2ccc(Oc3cccc(C(F)(F)F)n3)cc2)O1. The van der Waals surface area contributed by atoms with Crippen LogP contribution < -0.4 is 15.8 Å². The average molecular weight is 454 g/mol. The number of benzene rings is 1. The van der Waals surface area contributed by atoms with Gasteiger partial charge < -0.3 is 20.5 Å². The summed E-state index contributed by atoms with van der Waals surface area (Å²) < 4.78 is 48.9. The molecule has 1 aromatic heterocycles. The van der Waals surface area contributed by atoms with Crippen molar-refractivity contribution >= 4 is 36.4 Å². The third-order valence-electron chi connectivity index (χ3n) is 4.02. The molecular weight excluding hydrogens is 434 g/mol. The highest BCUT2D eigenvalue weighted by Crippen LogP contribution is 2.30. The van der Waals surface area contributed by atoms with Gasteiger partial charge in [-0.3, -0.25) is 4.79 Å². The molecule has 3 rings (SSSR count). The molecule has 29 heavy (non-hydrogen) atoms. The molecule has 3 N–H and O–H groups in total. The summed E-state index contributed by atoms with van der Waals surface area (Å²) >= 11 is 0. The van der Waals surface area contributed by atoms with Crippen LogP contribution in [-0.2, 0) is 15.7 Å². The van der Waals surface area contributed by atoms with Gasteiger partial charge in [0.2, 0.25) is 5.88 Å². The number of nitrogens with one attached hydrogen (secondary N) is 1. The number of alkyl halides is 3. The first kappa shape index (κ1) is 25.0. The maximum absolute atomic E-state index is 12.7. The van der Waals surface area contributed by atoms with Crippen molar-refractivity contribution in [1.82, 2.24) is 4.98 Å². The van der Waals surface area contributed by atoms with Gasteiger partial charge in [0.15, 0.2) is 0 Å². The highest BCUT2D eigenvalue weighted by molar-refractivity contribution is 5.94. The number of carbonyl (C=O) groups excluding carboxylic acids is 1. The van der Waals surface area contributed by atoms with Gasteiger partial charge in [-0.25, -0.2) is 4.98 Å². The van der Waals surface area contributed by atoms with Crippen molar-refractivity contribution in [3.8, 4) is 11.6 Å². The van der Waals surface area contributed by atoms with Crippen LogP contribution in [0.4, 0.5) is 18.9 Å². The second kappa shape index (κ2) is 10.6. The molecular formula is C18H20Cl2F3N3O3. The lowest BCUT2D eigenvalue weighted by molar-refractivity contribution is -0.141. The van der Waals surface area contributed by atoms with Crippen LogP contribution in [-0.4, -0.2) is 29.6 Å². The van der Waals surface area contributed by atoms with E-state index >= 15 is 0 Å². The fourth-order valence-corrected chi connectivity index (χ4v) is 2.65. The molecule has 0 spiro atoms. The Labute approximate surface area is 177 Å². The highest BCUT2D eigenvalue weighted by atomic mass is 35.5. The number of hydrogen-bond donors (Lipinski definition) is 2. The summed E-state index contributed by atoms with van der Waals surface area (Å²) in [7, 11) is 0. The van der Waals surface area contributed by atoms with Crippen molar-refractivity contribution in [2.75, 3.05) is 11.9 Å². The van der Waals surface area contributed by atoms with E-state index in [1.54, 1.807) is 12.1 Å². The quantitative estimate of drug-likeness (QED) is 0.708. The smallest absolute Gasteiger partial charge is 0.433 e. The molecule has 1 aromatic carbocycles. The summed E-state index contributed by atoms with van der Waals surface area (Å²) in [4.78, 5) is 15.6. The fraction of sp³-hybridized carbons (Fsp3) is 0.333. The van der Waals surface area contributed by atoms with E-state index in [1.165, 1.54) is 24.3 Å². The lowest BCUT2D eigenvalue weighted by atomic mass is 10.2. The molecule has 1 aliphatic rings. The van der Waals surface area contributed by atoms with E-state index in [0.29, 0.717) is 24.4 Å². The Bertz CT molecular complexity index is 807. The van der Waals surface area contributed by atoms with Crippen LogP contribution in [0.15, 0.2) is 42.5 Å². The van der Waals surface area contributed by atoms with Gasteiger partial charge in [0.25, 0.3) is 5.91 Å². The highest BCUT2D eigenvalue weighted by Gasteiger charge is 2.32. The monoisotopic (exact) mass is 453 g/mol. The van der Waals surface area contributed by atoms with Gasteiger partial charge in [-0.05, 0) is 43.2 Å². The Kier molecular flexibility index (Phi) is 9.15. The molecule has 1 amide bonds. The maximum Gasteiger partial charge on any atom is 0.433 e. The van der Waals surface area contributed by atoms with Crippen LogP contribution in [0.2, 0.25) is 0 Å². The van der Waals surface area contributed by atoms with Gasteiger partial charge >= 0.3 is 6.18 Å². The molecule has 0 unspecified atom stereocenters. The standard InChI is InChI=1S/C18H18F3N3O3.2ClH/c19-18(20,21)15-2-1-3-16(24-15)27-12-6-4-11(5-7-12)23-17(25)14-9-8-13(10-22)26-14;;/h1-7,13-14H,8-10,22H2,(H,23,25);2*1H/t13-,14+;;/m1../s1. The van der Waals surface area contributed by atoms with E-state index in [2.05, 4.69) is 10.3 Å². The summed E-state index contributed by atoms with van der Waals surface area (Å²) in [6.07, 6.45) is -3.83. The first-order chi connectivity index (χ1) is 12.8. The zero-order valence-corrected chi connectivity index (χ0v) is 16.7. The minimum absolute atomic E-state index is 0. The summed E-state index contributed by atoms with van der Waals surface area (Å²) in [5.74, 6) is -0.145. The van der Waals surface area contributed by atoms with Gasteiger partial charge in [0.05, 0.1) is 6.10 Å². The number of rotatable bonds is 5. The molecule has 0 aliphatic carbocycles. The van der Waals surface area contributed by atoms with E-state index in [1.807, 2.05) is 0 Å². The fourth-order valence-electron chi connectivity index (χ4n) is 2.65. The van der Waals surface area contributed by atoms with Crippen LogP contribution in [0, 0.1) is 0 Å². The van der Waals surface area contributed by atoms with Crippen LogP contribution in [0.5, 0.6) is 11.6 Å². The second-order valence-electron chi connectivity index (χ2n) is 6.03. The topological polar surface area (TPSA) is 86.5 Å². The first-order valence-corrected chi connectivity index (χ1v) is 8.33. The Morgan fingerprint density at radius 3 is 2.45 bits per heavy atom. The van der Waals surface area contributed by atoms with Crippen molar-refractivity contribution in [2.45, 2.75) is 31.2 Å². The molecule has 6 nitrogen and oxygen atoms in total. The molecule has 0 radical (unpaired) electrons. The number of halogens is 5. The zero-order valence-electron chi connectivity index (χ0n) is 15.0. The number of nitrogens with two attached hydrogens (primary N) is 1. The predicted octanol–water partition coefficient (Wildman–Crippen LogP) is 4.18. The Balaban J connectivity index is 0.00000210. The minimum Gasteiger partial charge on any atom is -0.439 e. The molecule has 2 aromatic rings. The number of amides is 1. The second-order valence-corrected chi connectivity index (χ2v) is 6.03. The first-order valence-electron chi connectivity index (χ1n) is 8.33. The zero-order chi connectivity index (χ0) is 19.4. The molecule has 0 saturated carbocycles. The molecule has 160 valence electrons. The summed E-state index contributed by atoms with van der Waals surface area (Å²) in [5.41, 5.74) is 5.01. The van der Waals surface area contributed by atoms with Crippen molar-refractivity contribution in [1.29, 1.82) is 0 Å². The van der Waals surface area contributed by atoms with E-state index in [-0.39, 0.29) is 42.7 Å². The Morgan fingerprint density at radius 2 is 1.86 bits per heavy atom. The Morgan fingerprint density at radius 1 is 1.17 bits per heavy atom. The van der Waals surface area contributed by atoms with Crippen LogP contribution >= 0.6 is 24.8 Å². The lowest BCUT2D eigenvalue weighted by Gasteiger charge is -2.13. The number of pyridine rings is 1. The molecule has 0 bridgehead atoms. The number of aromatic nitrogens is 1. The van der Waals surface area contributed by atoms with Crippen molar-refractivity contribution in [2.24, 2.45) is 5.73 Å². The lowest BCUT2D eigenvalue weighted by Crippen LogP contribution is -2.29. The summed E-state index contributed by atoms with van der Waals surface area (Å²) in [6, 6.07) is 9.62. The van der Waals surface area contributed by atoms with Gasteiger partial charge in [0, 0.05) is 18.3 Å². The molecule has 2 heterocycles. The third-order valence-corrected chi connectivity index (χ3v) is 4.02. The van der Waals surface area contributed by atoms with Gasteiger partial charge in [-0.15, -0.1) is 24.8 Å². The molecule has 1 aliphatic heterocycles. The van der Waals surface area contributed by atoms with E-state index < -0.39 is 18.0 Å². The van der Waals surface area contributed by atoms with Crippen LogP contribution in [0.25, 0.3) is 0 Å². The van der Waals surface area contributed by atoms with Gasteiger partial charge in [-0.1, -0.05) is 6.07 Å². The number of anilines is 1. The number of nitrogens with zero attached hydrogens (tertiary/aromatic N) is 1. The third kappa shape index (κ3) is 6.74. The molecule has 1 fully saturated rings. The number of hydrogen-bond acceptors (Lipinski definition) is 5. The normalized spacial score (nSPS) is 18.3. The number of ether oxygens (including phenoxy) is 2. The van der Waals surface area contributed by atoms with Crippen LogP contribution in [0.1, 0.15) is 18.5 Å². The van der Waals surface area contributed by atoms with E-state index in [0.717, 1.165) is 12.5 Å². The molecule has 2 atom stereocenters. The van der Waals surface area contributed by atoms with Gasteiger partial charge in [0.1, 0.15) is 17.5 Å². The largest absolute Gasteiger partial charge is 0.439 e. The minimum atomic E-state index is -4.54. The molecule has 11 heteroatoms. The van der Waals surface area contributed by atoms with Gasteiger partial charge in [-0.2, -0.15) is 13.2 Å². The van der Waals surface area contributed by atoms with Crippen molar-refractivity contribution < 1.29 is 27.4 Å². The van der Waals surface area contributed by atoms with E-state index in [4.69, 9.17) is 15.2 Å². The summed E-state index contributed by atoms with van der Waals surface area (Å²) in [5, 5.41) is 2.72. The van der Waals surface area contributed by atoms with E-state index in [9.17, 15) is 18.0 Å². The summed E-state index contributed by atoms with van der Waals surface area (Å²) in [6.45, 7) is 0.374. The average Bonchev–Trinajstić information content (AvgIpc) is 3.12. The Hall–Kier alpha value is -2.07. The maximum atomic E-state index is 12.7. The number of carbonyl (C=O) groups is 1. The molecule has 1 saturated heterocycles. The predicted molar refractivity (Wildman–Crippen MR) is 106 cm³/mol.